The van der Waals surface area contributed by atoms with Crippen molar-refractivity contribution >= 4 is 33.8 Å². The molecule has 11 heteroatoms. The molecule has 8 nitrogen and oxygen atoms in total. The number of esters is 2. The Balaban J connectivity index is 1.73. The smallest absolute Gasteiger partial charge is 0.306 e. The molecule has 0 atom stereocenters. The van der Waals surface area contributed by atoms with E-state index in [9.17, 15) is 23.2 Å². The van der Waals surface area contributed by atoms with Gasteiger partial charge in [0.25, 0.3) is 11.8 Å². The molecular weight excluding hydrogens is 592 g/mol. The summed E-state index contributed by atoms with van der Waals surface area (Å²) >= 11 is 3.37. The van der Waals surface area contributed by atoms with Gasteiger partial charge in [-0.2, -0.15) is 0 Å². The number of hydrogen-bond acceptors (Lipinski definition) is 7. The Morgan fingerprint density at radius 2 is 1.73 bits per heavy atom. The molecule has 0 saturated carbocycles. The van der Waals surface area contributed by atoms with Crippen LogP contribution in [0.3, 0.4) is 0 Å². The summed E-state index contributed by atoms with van der Waals surface area (Å²) < 4.78 is 49.9. The zero-order chi connectivity index (χ0) is 29.1. The predicted molar refractivity (Wildman–Crippen MR) is 147 cm³/mol. The van der Waals surface area contributed by atoms with Gasteiger partial charge in [-0.25, -0.2) is 8.78 Å². The van der Waals surface area contributed by atoms with E-state index in [0.29, 0.717) is 35.4 Å². The standard InChI is InChI=1S/C29H34BrF2NO7/c1-3-37-26(34)9-6-14-39-25-8-5-7-20(24(25)10-11-27(35)38-4-2)18-40-23-16-21(15-22(30)17-23)28(36)33-13-12-29(31,32)19-33/h5,7-8,15-17H,3-4,6,9-14,18-19H2,1-2H3. The third-order valence-corrected chi connectivity index (χ3v) is 6.63. The van der Waals surface area contributed by atoms with Gasteiger partial charge < -0.3 is 23.8 Å². The van der Waals surface area contributed by atoms with Gasteiger partial charge in [0.05, 0.1) is 26.4 Å². The molecule has 0 bridgehead atoms. The number of amides is 1. The van der Waals surface area contributed by atoms with Crippen LogP contribution in [0.1, 0.15) is 61.0 Å². The van der Waals surface area contributed by atoms with Gasteiger partial charge in [0.15, 0.2) is 0 Å². The van der Waals surface area contributed by atoms with Gasteiger partial charge in [-0.1, -0.05) is 28.1 Å². The van der Waals surface area contributed by atoms with Gasteiger partial charge in [0, 0.05) is 41.4 Å². The molecule has 2 aromatic rings. The normalized spacial score (nSPS) is 14.1. The van der Waals surface area contributed by atoms with Crippen molar-refractivity contribution in [3.8, 4) is 11.5 Å². The van der Waals surface area contributed by atoms with E-state index < -0.39 is 18.4 Å². The molecule has 0 aromatic heterocycles. The maximum Gasteiger partial charge on any atom is 0.306 e. The van der Waals surface area contributed by atoms with Crippen molar-refractivity contribution in [3.63, 3.8) is 0 Å². The zero-order valence-electron chi connectivity index (χ0n) is 22.7. The van der Waals surface area contributed by atoms with Gasteiger partial charge in [0.2, 0.25) is 0 Å². The highest BCUT2D eigenvalue weighted by Crippen LogP contribution is 2.31. The van der Waals surface area contributed by atoms with Crippen LogP contribution in [0, 0.1) is 0 Å². The minimum Gasteiger partial charge on any atom is -0.493 e. The van der Waals surface area contributed by atoms with Crippen LogP contribution >= 0.6 is 15.9 Å². The molecule has 218 valence electrons. The molecule has 0 unspecified atom stereocenters. The van der Waals surface area contributed by atoms with Crippen molar-refractivity contribution in [2.45, 2.75) is 58.5 Å². The van der Waals surface area contributed by atoms with Crippen LogP contribution in [0.5, 0.6) is 11.5 Å². The summed E-state index contributed by atoms with van der Waals surface area (Å²) in [5.74, 6) is -3.06. The lowest BCUT2D eigenvalue weighted by Gasteiger charge is -2.18. The Morgan fingerprint density at radius 1 is 1.00 bits per heavy atom. The van der Waals surface area contributed by atoms with E-state index in [4.69, 9.17) is 18.9 Å². The minimum atomic E-state index is -2.88. The summed E-state index contributed by atoms with van der Waals surface area (Å²) in [6.07, 6.45) is 0.825. The van der Waals surface area contributed by atoms with Crippen LogP contribution in [0.4, 0.5) is 8.78 Å². The Bertz CT molecular complexity index is 1190. The summed E-state index contributed by atoms with van der Waals surface area (Å²) in [5.41, 5.74) is 1.76. The molecule has 0 radical (unpaired) electrons. The van der Waals surface area contributed by atoms with Crippen LogP contribution < -0.4 is 9.47 Å². The van der Waals surface area contributed by atoms with E-state index in [2.05, 4.69) is 15.9 Å². The van der Waals surface area contributed by atoms with E-state index in [-0.39, 0.29) is 63.1 Å². The first-order chi connectivity index (χ1) is 19.1. The minimum absolute atomic E-state index is 0.00898. The lowest BCUT2D eigenvalue weighted by Crippen LogP contribution is -2.31. The fourth-order valence-corrected chi connectivity index (χ4v) is 4.75. The van der Waals surface area contributed by atoms with Crippen molar-refractivity contribution in [2.75, 3.05) is 32.9 Å². The van der Waals surface area contributed by atoms with Crippen molar-refractivity contribution < 1.29 is 42.1 Å². The molecule has 0 spiro atoms. The molecule has 0 aliphatic carbocycles. The molecule has 0 N–H and O–H groups in total. The number of carbonyl (C=O) groups excluding carboxylic acids is 3. The predicted octanol–water partition coefficient (Wildman–Crippen LogP) is 5.73. The highest BCUT2D eigenvalue weighted by molar-refractivity contribution is 9.10. The SMILES string of the molecule is CCOC(=O)CCCOc1cccc(COc2cc(Br)cc(C(=O)N3CCC(F)(F)C3)c2)c1CCC(=O)OCC. The molecule has 1 aliphatic rings. The molecule has 3 rings (SSSR count). The lowest BCUT2D eigenvalue weighted by molar-refractivity contribution is -0.144. The molecule has 1 aliphatic heterocycles. The van der Waals surface area contributed by atoms with Gasteiger partial charge in [-0.05, 0) is 56.5 Å². The van der Waals surface area contributed by atoms with Gasteiger partial charge >= 0.3 is 11.9 Å². The van der Waals surface area contributed by atoms with Crippen LogP contribution in [0.15, 0.2) is 40.9 Å². The maximum atomic E-state index is 13.6. The molecule has 2 aromatic carbocycles. The first-order valence-electron chi connectivity index (χ1n) is 13.3. The lowest BCUT2D eigenvalue weighted by atomic mass is 10.0. The average Bonchev–Trinajstić information content (AvgIpc) is 3.28. The number of rotatable bonds is 14. The van der Waals surface area contributed by atoms with Gasteiger partial charge in [0.1, 0.15) is 18.1 Å². The van der Waals surface area contributed by atoms with Gasteiger partial charge in [-0.3, -0.25) is 14.4 Å². The fraction of sp³-hybridized carbons (Fsp3) is 0.483. The van der Waals surface area contributed by atoms with Gasteiger partial charge in [-0.15, -0.1) is 0 Å². The summed E-state index contributed by atoms with van der Waals surface area (Å²) in [5, 5.41) is 0. The Hall–Kier alpha value is -3.21. The maximum absolute atomic E-state index is 13.6. The largest absolute Gasteiger partial charge is 0.493 e. The first kappa shape index (κ1) is 31.3. The van der Waals surface area contributed by atoms with Crippen LogP contribution in [-0.2, 0) is 32.1 Å². The van der Waals surface area contributed by atoms with Crippen LogP contribution in [0.2, 0.25) is 0 Å². The second-order valence-corrected chi connectivity index (χ2v) is 10.2. The topological polar surface area (TPSA) is 91.4 Å². The molecule has 1 amide bonds. The van der Waals surface area contributed by atoms with E-state index in [1.165, 1.54) is 6.07 Å². The first-order valence-corrected chi connectivity index (χ1v) is 14.1. The average molecular weight is 626 g/mol. The second kappa shape index (κ2) is 15.0. The molecule has 1 saturated heterocycles. The summed E-state index contributed by atoms with van der Waals surface area (Å²) in [7, 11) is 0. The third kappa shape index (κ3) is 9.46. The van der Waals surface area contributed by atoms with E-state index in [1.54, 1.807) is 38.1 Å². The number of nitrogens with zero attached hydrogens (tertiary/aromatic N) is 1. The summed E-state index contributed by atoms with van der Waals surface area (Å²) in [4.78, 5) is 37.7. The Morgan fingerprint density at radius 3 is 2.40 bits per heavy atom. The zero-order valence-corrected chi connectivity index (χ0v) is 24.3. The number of ether oxygens (including phenoxy) is 4. The number of halogens is 3. The van der Waals surface area contributed by atoms with E-state index >= 15 is 0 Å². The fourth-order valence-electron chi connectivity index (χ4n) is 4.28. The second-order valence-electron chi connectivity index (χ2n) is 9.25. The summed E-state index contributed by atoms with van der Waals surface area (Å²) in [6.45, 7) is 3.85. The summed E-state index contributed by atoms with van der Waals surface area (Å²) in [6, 6.07) is 10.2. The van der Waals surface area contributed by atoms with Crippen LogP contribution in [0.25, 0.3) is 0 Å². The van der Waals surface area contributed by atoms with Crippen molar-refractivity contribution in [3.05, 3.63) is 57.6 Å². The number of likely N-dealkylation sites (tertiary alicyclic amines) is 1. The van der Waals surface area contributed by atoms with E-state index in [0.717, 1.165) is 16.0 Å². The molecular formula is C29H34BrF2NO7. The highest BCUT2D eigenvalue weighted by atomic mass is 79.9. The van der Waals surface area contributed by atoms with E-state index in [1.807, 2.05) is 6.07 Å². The number of hydrogen-bond donors (Lipinski definition) is 0. The van der Waals surface area contributed by atoms with Crippen molar-refractivity contribution in [1.82, 2.24) is 4.90 Å². The van der Waals surface area contributed by atoms with Crippen molar-refractivity contribution in [2.24, 2.45) is 0 Å². The Kier molecular flexibility index (Phi) is 11.7. The monoisotopic (exact) mass is 625 g/mol. The molecule has 40 heavy (non-hydrogen) atoms. The van der Waals surface area contributed by atoms with Crippen LogP contribution in [-0.4, -0.2) is 61.6 Å². The number of carbonyl (C=O) groups is 3. The quantitative estimate of drug-likeness (QED) is 0.196. The highest BCUT2D eigenvalue weighted by Gasteiger charge is 2.40. The molecule has 1 heterocycles. The number of alkyl halides is 2. The third-order valence-electron chi connectivity index (χ3n) is 6.17. The Labute approximate surface area is 241 Å². The molecule has 1 fully saturated rings. The van der Waals surface area contributed by atoms with Crippen molar-refractivity contribution in [1.29, 1.82) is 0 Å². The number of benzene rings is 2.